The van der Waals surface area contributed by atoms with E-state index >= 15 is 0 Å². The number of amides is 2. The number of imidazole rings is 1. The zero-order valence-electron chi connectivity index (χ0n) is 15.6. The predicted octanol–water partition coefficient (Wildman–Crippen LogP) is 2.91. The highest BCUT2D eigenvalue weighted by atomic mass is 16.2. The Morgan fingerprint density at radius 1 is 0.885 bits per heavy atom. The van der Waals surface area contributed by atoms with E-state index in [9.17, 15) is 9.59 Å². The summed E-state index contributed by atoms with van der Waals surface area (Å²) in [5, 5.41) is 3.17. The Balaban J connectivity index is 1.57. The van der Waals surface area contributed by atoms with Crippen molar-refractivity contribution in [1.82, 2.24) is 19.8 Å². The van der Waals surface area contributed by atoms with Crippen molar-refractivity contribution in [2.45, 2.75) is 83.2 Å². The molecule has 142 valence electrons. The topological polar surface area (TPSA) is 67.2 Å². The van der Waals surface area contributed by atoms with Gasteiger partial charge in [-0.25, -0.2) is 4.98 Å². The first-order valence-corrected chi connectivity index (χ1v) is 10.4. The number of likely N-dealkylation sites (tertiary alicyclic amines) is 1. The molecule has 26 heavy (non-hydrogen) atoms. The van der Waals surface area contributed by atoms with E-state index in [1.54, 1.807) is 0 Å². The minimum absolute atomic E-state index is 0.0204. The molecule has 2 aliphatic heterocycles. The number of hydrogen-bond acceptors (Lipinski definition) is 3. The molecule has 2 fully saturated rings. The molecule has 0 spiro atoms. The number of piperidine rings is 1. The molecule has 1 aromatic heterocycles. The molecular formula is C20H30N4O2. The average molecular weight is 358 g/mol. The molecule has 0 radical (unpaired) electrons. The third-order valence-electron chi connectivity index (χ3n) is 6.11. The normalized spacial score (nSPS) is 21.3. The third-order valence-corrected chi connectivity index (χ3v) is 6.11. The van der Waals surface area contributed by atoms with Gasteiger partial charge in [0.15, 0.2) is 5.82 Å². The first kappa shape index (κ1) is 17.6. The molecule has 1 aromatic rings. The van der Waals surface area contributed by atoms with Crippen molar-refractivity contribution in [1.29, 1.82) is 0 Å². The number of carbonyl (C=O) groups is 2. The number of nitrogens with one attached hydrogen (secondary N) is 1. The molecule has 0 bridgehead atoms. The maximum atomic E-state index is 13.0. The van der Waals surface area contributed by atoms with Gasteiger partial charge in [0.1, 0.15) is 5.69 Å². The summed E-state index contributed by atoms with van der Waals surface area (Å²) >= 11 is 0. The lowest BCUT2D eigenvalue weighted by molar-refractivity contribution is 0.0717. The smallest absolute Gasteiger partial charge is 0.287 e. The Morgan fingerprint density at radius 3 is 2.35 bits per heavy atom. The fourth-order valence-corrected chi connectivity index (χ4v) is 4.63. The molecule has 6 nitrogen and oxygen atoms in total. The van der Waals surface area contributed by atoms with Crippen molar-refractivity contribution >= 4 is 11.8 Å². The number of fused-ring (bicyclic) bond motifs is 1. The third kappa shape index (κ3) is 3.51. The number of nitrogens with zero attached hydrogens (tertiary/aromatic N) is 3. The van der Waals surface area contributed by atoms with Gasteiger partial charge in [0, 0.05) is 25.7 Å². The lowest BCUT2D eigenvalue weighted by Gasteiger charge is -2.26. The number of hydrogen-bond donors (Lipinski definition) is 1. The van der Waals surface area contributed by atoms with E-state index in [4.69, 9.17) is 0 Å². The van der Waals surface area contributed by atoms with Crippen LogP contribution in [0.15, 0.2) is 0 Å². The van der Waals surface area contributed by atoms with Crippen molar-refractivity contribution in [3.8, 4) is 0 Å². The van der Waals surface area contributed by atoms with E-state index < -0.39 is 0 Å². The van der Waals surface area contributed by atoms with Crippen LogP contribution in [0.25, 0.3) is 0 Å². The molecule has 0 unspecified atom stereocenters. The molecule has 1 N–H and O–H groups in total. The van der Waals surface area contributed by atoms with Crippen molar-refractivity contribution in [2.75, 3.05) is 13.1 Å². The minimum atomic E-state index is -0.0993. The van der Waals surface area contributed by atoms with Crippen LogP contribution in [-0.2, 0) is 13.0 Å². The highest BCUT2D eigenvalue weighted by Gasteiger charge is 2.31. The SMILES string of the molecule is O=C(NC1CCCCC1)c1nc(C(=O)N2CCCCC2)c2n1CCCC2. The zero-order valence-corrected chi connectivity index (χ0v) is 15.6. The highest BCUT2D eigenvalue weighted by Crippen LogP contribution is 2.24. The van der Waals surface area contributed by atoms with Crippen LogP contribution >= 0.6 is 0 Å². The molecule has 2 amide bonds. The number of aromatic nitrogens is 2. The Labute approximate surface area is 155 Å². The summed E-state index contributed by atoms with van der Waals surface area (Å²) in [7, 11) is 0. The van der Waals surface area contributed by atoms with Crippen LogP contribution in [0.3, 0.4) is 0 Å². The lowest BCUT2D eigenvalue weighted by atomic mass is 9.95. The second-order valence-corrected chi connectivity index (χ2v) is 8.00. The minimum Gasteiger partial charge on any atom is -0.347 e. The summed E-state index contributed by atoms with van der Waals surface area (Å²) in [4.78, 5) is 32.4. The number of rotatable bonds is 3. The molecule has 3 heterocycles. The average Bonchev–Trinajstić information content (AvgIpc) is 3.09. The maximum absolute atomic E-state index is 13.0. The fraction of sp³-hybridized carbons (Fsp3) is 0.750. The van der Waals surface area contributed by atoms with Gasteiger partial charge in [-0.2, -0.15) is 0 Å². The monoisotopic (exact) mass is 358 g/mol. The standard InChI is InChI=1S/C20H30N4O2/c25-19(21-15-9-3-1-4-10-15)18-22-17(16-11-5-8-14-24(16)18)20(26)23-12-6-2-7-13-23/h15H,1-14H2,(H,21,25). The van der Waals surface area contributed by atoms with Gasteiger partial charge in [-0.05, 0) is 51.4 Å². The Bertz CT molecular complexity index is 670. The summed E-state index contributed by atoms with van der Waals surface area (Å²) in [5.41, 5.74) is 1.50. The first-order valence-electron chi connectivity index (χ1n) is 10.4. The van der Waals surface area contributed by atoms with Gasteiger partial charge in [-0.3, -0.25) is 9.59 Å². The Hall–Kier alpha value is -1.85. The van der Waals surface area contributed by atoms with E-state index in [-0.39, 0.29) is 17.9 Å². The summed E-state index contributed by atoms with van der Waals surface area (Å²) in [5.74, 6) is 0.371. The Kier molecular flexibility index (Phi) is 5.27. The van der Waals surface area contributed by atoms with Gasteiger partial charge in [0.25, 0.3) is 11.8 Å². The van der Waals surface area contributed by atoms with Crippen LogP contribution in [0.1, 0.15) is 91.0 Å². The summed E-state index contributed by atoms with van der Waals surface area (Å²) < 4.78 is 2.01. The molecule has 6 heteroatoms. The Morgan fingerprint density at radius 2 is 1.58 bits per heavy atom. The van der Waals surface area contributed by atoms with E-state index in [2.05, 4.69) is 10.3 Å². The quantitative estimate of drug-likeness (QED) is 0.903. The van der Waals surface area contributed by atoms with E-state index in [1.165, 1.54) is 25.7 Å². The second kappa shape index (κ2) is 7.80. The van der Waals surface area contributed by atoms with Crippen molar-refractivity contribution in [2.24, 2.45) is 0 Å². The van der Waals surface area contributed by atoms with Crippen LogP contribution < -0.4 is 5.32 Å². The molecular weight excluding hydrogens is 328 g/mol. The number of carbonyl (C=O) groups excluding carboxylic acids is 2. The van der Waals surface area contributed by atoms with Gasteiger partial charge < -0.3 is 14.8 Å². The van der Waals surface area contributed by atoms with Crippen LogP contribution in [0.2, 0.25) is 0 Å². The molecule has 1 saturated heterocycles. The summed E-state index contributed by atoms with van der Waals surface area (Å²) in [6.07, 6.45) is 12.0. The van der Waals surface area contributed by atoms with Gasteiger partial charge in [0.2, 0.25) is 0 Å². The largest absolute Gasteiger partial charge is 0.347 e. The van der Waals surface area contributed by atoms with Crippen LogP contribution in [0.4, 0.5) is 0 Å². The molecule has 0 atom stereocenters. The highest BCUT2D eigenvalue weighted by molar-refractivity contribution is 5.97. The molecule has 4 rings (SSSR count). The molecule has 1 aliphatic carbocycles. The molecule has 0 aromatic carbocycles. The molecule has 3 aliphatic rings. The van der Waals surface area contributed by atoms with E-state index in [0.29, 0.717) is 11.5 Å². The lowest BCUT2D eigenvalue weighted by Crippen LogP contribution is -2.38. The van der Waals surface area contributed by atoms with Crippen molar-refractivity contribution in [3.63, 3.8) is 0 Å². The first-order chi connectivity index (χ1) is 12.7. The predicted molar refractivity (Wildman–Crippen MR) is 99.3 cm³/mol. The van der Waals surface area contributed by atoms with Gasteiger partial charge in [0.05, 0.1) is 5.69 Å². The zero-order chi connectivity index (χ0) is 17.9. The fourth-order valence-electron chi connectivity index (χ4n) is 4.63. The van der Waals surface area contributed by atoms with Gasteiger partial charge in [-0.1, -0.05) is 19.3 Å². The van der Waals surface area contributed by atoms with Gasteiger partial charge in [-0.15, -0.1) is 0 Å². The summed E-state index contributed by atoms with van der Waals surface area (Å²) in [6.45, 7) is 2.42. The van der Waals surface area contributed by atoms with Crippen LogP contribution in [0, 0.1) is 0 Å². The van der Waals surface area contributed by atoms with Crippen LogP contribution in [0.5, 0.6) is 0 Å². The maximum Gasteiger partial charge on any atom is 0.287 e. The second-order valence-electron chi connectivity index (χ2n) is 8.00. The molecule has 1 saturated carbocycles. The van der Waals surface area contributed by atoms with Crippen molar-refractivity contribution in [3.05, 3.63) is 17.2 Å². The summed E-state index contributed by atoms with van der Waals surface area (Å²) in [6, 6.07) is 0.258. The van der Waals surface area contributed by atoms with Crippen molar-refractivity contribution < 1.29 is 9.59 Å². The van der Waals surface area contributed by atoms with Crippen LogP contribution in [-0.4, -0.2) is 45.4 Å². The van der Waals surface area contributed by atoms with Gasteiger partial charge >= 0.3 is 0 Å². The van der Waals surface area contributed by atoms with E-state index in [1.807, 2.05) is 9.47 Å². The van der Waals surface area contributed by atoms with E-state index in [0.717, 1.165) is 70.3 Å².